The van der Waals surface area contributed by atoms with Crippen molar-refractivity contribution in [2.75, 3.05) is 10.7 Å². The van der Waals surface area contributed by atoms with Crippen molar-refractivity contribution in [2.24, 2.45) is 0 Å². The van der Waals surface area contributed by atoms with Crippen molar-refractivity contribution in [3.8, 4) is 22.4 Å². The molecule has 0 spiro atoms. The topological polar surface area (TPSA) is 9.86 Å². The molecule has 0 fully saturated rings. The SMILES string of the molecule is BrCC(Br)n1ccc2c1c(-c1ccccc1)c(-c1ccccc1)n2C(Br)CBr. The van der Waals surface area contributed by atoms with Crippen LogP contribution in [0.15, 0.2) is 72.9 Å². The van der Waals surface area contributed by atoms with Crippen molar-refractivity contribution in [1.82, 2.24) is 9.13 Å². The van der Waals surface area contributed by atoms with E-state index in [9.17, 15) is 0 Å². The summed E-state index contributed by atoms with van der Waals surface area (Å²) in [5.41, 5.74) is 7.35. The molecule has 0 saturated carbocycles. The predicted octanol–water partition coefficient (Wildman–Crippen LogP) is 8.35. The van der Waals surface area contributed by atoms with E-state index in [0.29, 0.717) is 0 Å². The van der Waals surface area contributed by atoms with E-state index >= 15 is 0 Å². The zero-order chi connectivity index (χ0) is 19.7. The molecule has 144 valence electrons. The maximum Gasteiger partial charge on any atom is 0.0992 e. The molecule has 2 unspecified atom stereocenters. The number of benzene rings is 2. The zero-order valence-electron chi connectivity index (χ0n) is 14.9. The minimum absolute atomic E-state index is 0.135. The van der Waals surface area contributed by atoms with Crippen molar-refractivity contribution in [3.05, 3.63) is 72.9 Å². The first-order valence-corrected chi connectivity index (χ1v) is 13.0. The van der Waals surface area contributed by atoms with Crippen LogP contribution in [0, 0.1) is 0 Å². The molecule has 0 saturated heterocycles. The molecule has 4 rings (SSSR count). The molecule has 0 bridgehead atoms. The minimum Gasteiger partial charge on any atom is -0.332 e. The Kier molecular flexibility index (Phi) is 6.50. The van der Waals surface area contributed by atoms with Crippen LogP contribution in [0.25, 0.3) is 33.4 Å². The van der Waals surface area contributed by atoms with E-state index in [2.05, 4.69) is 146 Å². The lowest BCUT2D eigenvalue weighted by molar-refractivity contribution is 0.801. The van der Waals surface area contributed by atoms with E-state index in [0.717, 1.165) is 10.7 Å². The average molecular weight is 630 g/mol. The van der Waals surface area contributed by atoms with E-state index in [-0.39, 0.29) is 9.90 Å². The minimum atomic E-state index is 0.135. The maximum absolute atomic E-state index is 3.89. The van der Waals surface area contributed by atoms with Crippen molar-refractivity contribution >= 4 is 74.8 Å². The summed E-state index contributed by atoms with van der Waals surface area (Å²) in [6.07, 6.45) is 2.16. The van der Waals surface area contributed by atoms with Crippen LogP contribution in [-0.4, -0.2) is 19.8 Å². The van der Waals surface area contributed by atoms with Gasteiger partial charge in [0, 0.05) is 22.4 Å². The van der Waals surface area contributed by atoms with Gasteiger partial charge >= 0.3 is 0 Å². The normalized spacial score (nSPS) is 13.7. The van der Waals surface area contributed by atoms with Crippen molar-refractivity contribution < 1.29 is 0 Å². The fourth-order valence-electron chi connectivity index (χ4n) is 3.67. The quantitative estimate of drug-likeness (QED) is 0.190. The molecule has 4 aromatic rings. The first-order valence-electron chi connectivity index (χ1n) is 8.93. The molecule has 2 aromatic carbocycles. The van der Waals surface area contributed by atoms with Crippen LogP contribution >= 0.6 is 63.7 Å². The summed E-state index contributed by atoms with van der Waals surface area (Å²) in [6.45, 7) is 0. The van der Waals surface area contributed by atoms with Crippen molar-refractivity contribution in [1.29, 1.82) is 0 Å². The predicted molar refractivity (Wildman–Crippen MR) is 134 cm³/mol. The second-order valence-electron chi connectivity index (χ2n) is 6.46. The molecule has 0 aliphatic rings. The van der Waals surface area contributed by atoms with Crippen LogP contribution in [0.4, 0.5) is 0 Å². The molecule has 2 nitrogen and oxygen atoms in total. The van der Waals surface area contributed by atoms with Crippen LogP contribution in [0.3, 0.4) is 0 Å². The monoisotopic (exact) mass is 626 g/mol. The van der Waals surface area contributed by atoms with Gasteiger partial charge in [-0.15, -0.1) is 0 Å². The number of halogens is 4. The Labute approximate surface area is 198 Å². The first kappa shape index (κ1) is 20.5. The summed E-state index contributed by atoms with van der Waals surface area (Å²) in [5, 5.41) is 1.64. The number of alkyl halides is 4. The summed E-state index contributed by atoms with van der Waals surface area (Å²) in [5.74, 6) is 0. The van der Waals surface area contributed by atoms with Crippen molar-refractivity contribution in [3.63, 3.8) is 0 Å². The second-order valence-corrected chi connectivity index (χ2v) is 9.87. The van der Waals surface area contributed by atoms with Gasteiger partial charge < -0.3 is 9.13 Å². The maximum atomic E-state index is 3.89. The Balaban J connectivity index is 2.16. The Morgan fingerprint density at radius 3 is 1.86 bits per heavy atom. The van der Waals surface area contributed by atoms with Gasteiger partial charge in [0.25, 0.3) is 0 Å². The van der Waals surface area contributed by atoms with Crippen molar-refractivity contribution in [2.45, 2.75) is 9.90 Å². The summed E-state index contributed by atoms with van der Waals surface area (Å²) in [4.78, 5) is 0.306. The van der Waals surface area contributed by atoms with Gasteiger partial charge in [-0.1, -0.05) is 124 Å². The fourth-order valence-corrected chi connectivity index (χ4v) is 5.03. The highest BCUT2D eigenvalue weighted by molar-refractivity contribution is 9.12. The Bertz CT molecular complexity index is 1070. The lowest BCUT2D eigenvalue weighted by Gasteiger charge is -2.17. The third-order valence-corrected chi connectivity index (χ3v) is 9.28. The summed E-state index contributed by atoms with van der Waals surface area (Å²) in [6, 6.07) is 23.5. The molecule has 6 heteroatoms. The van der Waals surface area contributed by atoms with Gasteiger partial charge in [0.1, 0.15) is 0 Å². The molecule has 0 amide bonds. The number of aromatic nitrogens is 2. The van der Waals surface area contributed by atoms with Gasteiger partial charge in [0.05, 0.1) is 26.6 Å². The fraction of sp³-hybridized carbons (Fsp3) is 0.182. The zero-order valence-corrected chi connectivity index (χ0v) is 21.2. The third kappa shape index (κ3) is 3.57. The lowest BCUT2D eigenvalue weighted by Crippen LogP contribution is -2.05. The van der Waals surface area contributed by atoms with Gasteiger partial charge in [-0.2, -0.15) is 0 Å². The summed E-state index contributed by atoms with van der Waals surface area (Å²) >= 11 is 15.0. The number of hydrogen-bond donors (Lipinski definition) is 0. The van der Waals surface area contributed by atoms with Gasteiger partial charge in [-0.25, -0.2) is 0 Å². The number of nitrogens with zero attached hydrogens (tertiary/aromatic N) is 2. The molecule has 0 radical (unpaired) electrons. The van der Waals surface area contributed by atoms with Crippen LogP contribution in [0.1, 0.15) is 9.90 Å². The Hall–Kier alpha value is -0.820. The van der Waals surface area contributed by atoms with Gasteiger partial charge in [-0.05, 0) is 17.2 Å². The number of rotatable bonds is 6. The van der Waals surface area contributed by atoms with Gasteiger partial charge in [-0.3, -0.25) is 0 Å². The largest absolute Gasteiger partial charge is 0.332 e. The molecular formula is C22H18Br4N2. The standard InChI is InChI=1S/C22H18Br4N2/c23-13-18(25)27-12-11-17-22(27)20(15-7-3-1-4-8-15)21(28(17)19(26)14-24)16-9-5-2-6-10-16/h1-12,18-19H,13-14H2. The number of fused-ring (bicyclic) bond motifs is 1. The van der Waals surface area contributed by atoms with Crippen LogP contribution in [0.2, 0.25) is 0 Å². The highest BCUT2D eigenvalue weighted by atomic mass is 79.9. The molecular weight excluding hydrogens is 612 g/mol. The van der Waals surface area contributed by atoms with E-state index in [1.165, 1.54) is 33.4 Å². The second kappa shape index (κ2) is 8.90. The molecule has 28 heavy (non-hydrogen) atoms. The Morgan fingerprint density at radius 1 is 0.714 bits per heavy atom. The lowest BCUT2D eigenvalue weighted by atomic mass is 10.0. The molecule has 0 aliphatic heterocycles. The highest BCUT2D eigenvalue weighted by Crippen LogP contribution is 2.45. The first-order chi connectivity index (χ1) is 13.7. The third-order valence-electron chi connectivity index (χ3n) is 4.81. The van der Waals surface area contributed by atoms with Crippen LogP contribution < -0.4 is 0 Å². The Morgan fingerprint density at radius 2 is 1.29 bits per heavy atom. The smallest absolute Gasteiger partial charge is 0.0992 e. The molecule has 2 aromatic heterocycles. The van der Waals surface area contributed by atoms with Crippen LogP contribution in [-0.2, 0) is 0 Å². The molecule has 2 heterocycles. The van der Waals surface area contributed by atoms with E-state index < -0.39 is 0 Å². The molecule has 0 N–H and O–H groups in total. The molecule has 2 atom stereocenters. The number of hydrogen-bond acceptors (Lipinski definition) is 0. The average Bonchev–Trinajstić information content (AvgIpc) is 3.31. The van der Waals surface area contributed by atoms with Gasteiger partial charge in [0.2, 0.25) is 0 Å². The summed E-state index contributed by atoms with van der Waals surface area (Å²) < 4.78 is 4.70. The van der Waals surface area contributed by atoms with Crippen LogP contribution in [0.5, 0.6) is 0 Å². The highest BCUT2D eigenvalue weighted by Gasteiger charge is 2.26. The van der Waals surface area contributed by atoms with E-state index in [4.69, 9.17) is 0 Å². The summed E-state index contributed by atoms with van der Waals surface area (Å²) in [7, 11) is 0. The van der Waals surface area contributed by atoms with Gasteiger partial charge in [0.15, 0.2) is 0 Å². The van der Waals surface area contributed by atoms with E-state index in [1.54, 1.807) is 0 Å². The van der Waals surface area contributed by atoms with E-state index in [1.807, 2.05) is 0 Å². The molecule has 0 aliphatic carbocycles.